The van der Waals surface area contributed by atoms with Gasteiger partial charge in [0.15, 0.2) is 5.96 Å². The molecular weight excluding hydrogens is 404 g/mol. The molecule has 0 amide bonds. The molecule has 118 valence electrons. The van der Waals surface area contributed by atoms with Crippen molar-refractivity contribution in [2.24, 2.45) is 10.7 Å². The maximum atomic E-state index is 13.1. The lowest BCUT2D eigenvalue weighted by Gasteiger charge is -2.25. The van der Waals surface area contributed by atoms with Crippen LogP contribution in [0.15, 0.2) is 23.2 Å². The minimum Gasteiger partial charge on any atom is -0.370 e. The van der Waals surface area contributed by atoms with Gasteiger partial charge in [0.25, 0.3) is 0 Å². The van der Waals surface area contributed by atoms with E-state index in [0.29, 0.717) is 23.6 Å². The van der Waals surface area contributed by atoms with Crippen molar-refractivity contribution in [3.05, 3.63) is 34.6 Å². The Morgan fingerprint density at radius 3 is 2.62 bits per heavy atom. The summed E-state index contributed by atoms with van der Waals surface area (Å²) in [6.45, 7) is 4.57. The summed E-state index contributed by atoms with van der Waals surface area (Å²) in [7, 11) is 1.97. The zero-order valence-corrected chi connectivity index (χ0v) is 15.7. The molecule has 0 radical (unpaired) electrons. The number of guanidine groups is 1. The van der Waals surface area contributed by atoms with Gasteiger partial charge in [0.05, 0.1) is 6.54 Å². The third-order valence-electron chi connectivity index (χ3n) is 3.75. The fourth-order valence-corrected chi connectivity index (χ4v) is 2.59. The van der Waals surface area contributed by atoms with Crippen molar-refractivity contribution < 1.29 is 4.39 Å². The molecule has 1 saturated carbocycles. The SMILES string of the molecule is CN(C(N)=NCC(C)(C)c1ccc(F)cc1Cl)C1CC1.I. The molecule has 0 spiro atoms. The molecule has 0 aromatic heterocycles. The van der Waals surface area contributed by atoms with Crippen molar-refractivity contribution in [1.82, 2.24) is 4.90 Å². The molecule has 0 unspecified atom stereocenters. The van der Waals surface area contributed by atoms with Gasteiger partial charge in [-0.25, -0.2) is 4.39 Å². The first-order chi connectivity index (χ1) is 9.31. The summed E-state index contributed by atoms with van der Waals surface area (Å²) in [6.07, 6.45) is 2.36. The standard InChI is InChI=1S/C15H21ClFN3.HI/c1-15(2,12-7-4-10(17)8-13(12)16)9-19-14(18)20(3)11-5-6-11;/h4,7-8,11H,5-6,9H2,1-3H3,(H2,18,19);1H. The van der Waals surface area contributed by atoms with E-state index in [1.165, 1.54) is 25.0 Å². The van der Waals surface area contributed by atoms with Crippen LogP contribution in [-0.4, -0.2) is 30.5 Å². The molecule has 1 aliphatic carbocycles. The highest BCUT2D eigenvalue weighted by Gasteiger charge is 2.28. The highest BCUT2D eigenvalue weighted by atomic mass is 127. The van der Waals surface area contributed by atoms with E-state index in [0.717, 1.165) is 5.56 Å². The molecule has 1 aromatic rings. The number of rotatable bonds is 4. The van der Waals surface area contributed by atoms with Crippen molar-refractivity contribution in [1.29, 1.82) is 0 Å². The Balaban J connectivity index is 0.00000220. The molecule has 1 aromatic carbocycles. The predicted octanol–water partition coefficient (Wildman–Crippen LogP) is 3.78. The lowest BCUT2D eigenvalue weighted by atomic mass is 9.84. The lowest BCUT2D eigenvalue weighted by Crippen LogP contribution is -2.37. The number of hydrogen-bond acceptors (Lipinski definition) is 1. The van der Waals surface area contributed by atoms with Gasteiger partial charge in [-0.3, -0.25) is 4.99 Å². The highest BCUT2D eigenvalue weighted by Crippen LogP contribution is 2.31. The molecule has 2 N–H and O–H groups in total. The topological polar surface area (TPSA) is 41.6 Å². The number of halogens is 3. The average Bonchev–Trinajstić information content (AvgIpc) is 3.18. The Labute approximate surface area is 147 Å². The molecule has 21 heavy (non-hydrogen) atoms. The second-order valence-corrected chi connectivity index (χ2v) is 6.43. The number of benzene rings is 1. The van der Waals surface area contributed by atoms with Gasteiger partial charge in [0.2, 0.25) is 0 Å². The zero-order chi connectivity index (χ0) is 14.9. The Kier molecular flexibility index (Phi) is 6.28. The highest BCUT2D eigenvalue weighted by molar-refractivity contribution is 14.0. The van der Waals surface area contributed by atoms with Crippen LogP contribution in [-0.2, 0) is 5.41 Å². The van der Waals surface area contributed by atoms with E-state index in [9.17, 15) is 4.39 Å². The first-order valence-electron chi connectivity index (χ1n) is 6.79. The normalized spacial score (nSPS) is 15.6. The number of hydrogen-bond donors (Lipinski definition) is 1. The monoisotopic (exact) mass is 425 g/mol. The molecule has 0 aliphatic heterocycles. The van der Waals surface area contributed by atoms with E-state index >= 15 is 0 Å². The molecule has 0 heterocycles. The van der Waals surface area contributed by atoms with Gasteiger partial charge in [-0.1, -0.05) is 31.5 Å². The molecule has 2 rings (SSSR count). The third-order valence-corrected chi connectivity index (χ3v) is 4.07. The average molecular weight is 426 g/mol. The minimum atomic E-state index is -0.328. The van der Waals surface area contributed by atoms with Gasteiger partial charge in [0.1, 0.15) is 5.82 Å². The molecular formula is C15H22ClFIN3. The molecule has 6 heteroatoms. The molecule has 0 bridgehead atoms. The van der Waals surface area contributed by atoms with Gasteiger partial charge in [-0.2, -0.15) is 0 Å². The maximum absolute atomic E-state index is 13.1. The Hall–Kier alpha value is -0.560. The van der Waals surface area contributed by atoms with E-state index in [1.54, 1.807) is 6.07 Å². The van der Waals surface area contributed by atoms with E-state index in [4.69, 9.17) is 17.3 Å². The largest absolute Gasteiger partial charge is 0.370 e. The van der Waals surface area contributed by atoms with Crippen molar-refractivity contribution in [3.8, 4) is 0 Å². The van der Waals surface area contributed by atoms with E-state index < -0.39 is 0 Å². The summed E-state index contributed by atoms with van der Waals surface area (Å²) in [6, 6.07) is 5.01. The summed E-state index contributed by atoms with van der Waals surface area (Å²) in [5, 5.41) is 0.430. The van der Waals surface area contributed by atoms with Gasteiger partial charge >= 0.3 is 0 Å². The van der Waals surface area contributed by atoms with Crippen LogP contribution in [0.2, 0.25) is 5.02 Å². The van der Waals surface area contributed by atoms with Crippen molar-refractivity contribution in [3.63, 3.8) is 0 Å². The number of aliphatic imine (C=N–C) groups is 1. The Bertz CT molecular complexity index is 530. The van der Waals surface area contributed by atoms with Crippen molar-refractivity contribution in [2.75, 3.05) is 13.6 Å². The van der Waals surface area contributed by atoms with Crippen LogP contribution < -0.4 is 5.73 Å². The van der Waals surface area contributed by atoms with Crippen LogP contribution >= 0.6 is 35.6 Å². The van der Waals surface area contributed by atoms with Gasteiger partial charge in [-0.05, 0) is 30.5 Å². The zero-order valence-electron chi connectivity index (χ0n) is 12.6. The predicted molar refractivity (Wildman–Crippen MR) is 97.1 cm³/mol. The summed E-state index contributed by atoms with van der Waals surface area (Å²) in [4.78, 5) is 6.48. The van der Waals surface area contributed by atoms with Crippen molar-refractivity contribution in [2.45, 2.75) is 38.1 Å². The first kappa shape index (κ1) is 18.5. The minimum absolute atomic E-state index is 0. The summed E-state index contributed by atoms with van der Waals surface area (Å²) >= 11 is 6.12. The third kappa shape index (κ3) is 4.71. The van der Waals surface area contributed by atoms with E-state index in [1.807, 2.05) is 25.8 Å². The summed E-state index contributed by atoms with van der Waals surface area (Å²) in [5.41, 5.74) is 6.58. The number of nitrogens with zero attached hydrogens (tertiary/aromatic N) is 2. The number of nitrogens with two attached hydrogens (primary N) is 1. The van der Waals surface area contributed by atoms with Crippen LogP contribution in [0.5, 0.6) is 0 Å². The van der Waals surface area contributed by atoms with Gasteiger partial charge in [-0.15, -0.1) is 24.0 Å². The van der Waals surface area contributed by atoms with Crippen molar-refractivity contribution >= 4 is 41.5 Å². The van der Waals surface area contributed by atoms with Crippen LogP contribution in [0.3, 0.4) is 0 Å². The smallest absolute Gasteiger partial charge is 0.191 e. The molecule has 0 saturated heterocycles. The molecule has 1 aliphatic rings. The van der Waals surface area contributed by atoms with Gasteiger partial charge in [0, 0.05) is 23.5 Å². The first-order valence-corrected chi connectivity index (χ1v) is 7.17. The summed E-state index contributed by atoms with van der Waals surface area (Å²) in [5.74, 6) is 0.227. The van der Waals surface area contributed by atoms with Crippen LogP contribution in [0.1, 0.15) is 32.3 Å². The fraction of sp³-hybridized carbons (Fsp3) is 0.533. The Morgan fingerprint density at radius 2 is 2.10 bits per heavy atom. The van der Waals surface area contributed by atoms with Crippen LogP contribution in [0.4, 0.5) is 4.39 Å². The van der Waals surface area contributed by atoms with E-state index in [-0.39, 0.29) is 35.2 Å². The van der Waals surface area contributed by atoms with Crippen LogP contribution in [0.25, 0.3) is 0 Å². The quantitative estimate of drug-likeness (QED) is 0.453. The van der Waals surface area contributed by atoms with Gasteiger partial charge < -0.3 is 10.6 Å². The molecule has 3 nitrogen and oxygen atoms in total. The second kappa shape index (κ2) is 7.13. The fourth-order valence-electron chi connectivity index (χ4n) is 2.16. The van der Waals surface area contributed by atoms with Crippen LogP contribution in [0, 0.1) is 5.82 Å². The summed E-state index contributed by atoms with van der Waals surface area (Å²) < 4.78 is 13.1. The lowest BCUT2D eigenvalue weighted by molar-refractivity contribution is 0.476. The Morgan fingerprint density at radius 1 is 1.48 bits per heavy atom. The second-order valence-electron chi connectivity index (χ2n) is 6.02. The molecule has 1 fully saturated rings. The molecule has 0 atom stereocenters. The maximum Gasteiger partial charge on any atom is 0.191 e. The van der Waals surface area contributed by atoms with E-state index in [2.05, 4.69) is 4.99 Å².